The minimum absolute atomic E-state index is 0. The summed E-state index contributed by atoms with van der Waals surface area (Å²) >= 11 is 0. The van der Waals surface area contributed by atoms with Crippen LogP contribution in [0.25, 0.3) is 0 Å². The number of para-hydroxylation sites is 2. The molecular formula is C62H82Cl2N6O15. The van der Waals surface area contributed by atoms with Gasteiger partial charge in [-0.1, -0.05) is 87.4 Å². The van der Waals surface area contributed by atoms with E-state index < -0.39 is 45.6 Å². The molecule has 2 aliphatic heterocycles. The molecule has 0 bridgehead atoms. The van der Waals surface area contributed by atoms with Crippen LogP contribution in [0, 0.1) is 20.2 Å². The highest BCUT2D eigenvalue weighted by Gasteiger charge is 2.39. The number of carboxylic acids is 2. The van der Waals surface area contributed by atoms with Gasteiger partial charge in [0.2, 0.25) is 0 Å². The predicted octanol–water partition coefficient (Wildman–Crippen LogP) is 10.9. The van der Waals surface area contributed by atoms with Crippen molar-refractivity contribution in [2.24, 2.45) is 0 Å². The van der Waals surface area contributed by atoms with E-state index in [-0.39, 0.29) is 77.2 Å². The number of hydrogen-bond acceptors (Lipinski definition) is 16. The Labute approximate surface area is 509 Å². The SMILES string of the molecule is CCCCN(CCCCOC(=O)C1=C(C)NC(C)=C(C(=O)O)C1c1cccc([N+](=O)[O-])c1)CCOc1ccccc1.CCCCN(CCCCOC(=O)C1=C(C)NC(C)=C(C(=O)O)C1c1cccc([N+](=O)[O-])c1)CCOc1ccccc1.Cl.Cl.O. The van der Waals surface area contributed by atoms with E-state index in [0.717, 1.165) is 89.3 Å². The number of nitro benzene ring substituents is 2. The van der Waals surface area contributed by atoms with Crippen LogP contribution in [0.5, 0.6) is 11.5 Å². The second-order valence-electron chi connectivity index (χ2n) is 20.0. The molecule has 0 spiro atoms. The zero-order valence-electron chi connectivity index (χ0n) is 49.2. The molecule has 2 heterocycles. The van der Waals surface area contributed by atoms with Gasteiger partial charge in [0.1, 0.15) is 24.7 Å². The smallest absolute Gasteiger partial charge is 0.336 e. The highest BCUT2D eigenvalue weighted by molar-refractivity contribution is 6.00. The molecule has 0 aliphatic carbocycles. The number of dihydropyridines is 2. The highest BCUT2D eigenvalue weighted by Crippen LogP contribution is 2.41. The number of ether oxygens (including phenoxy) is 4. The molecule has 21 nitrogen and oxygen atoms in total. The van der Waals surface area contributed by atoms with E-state index >= 15 is 0 Å². The van der Waals surface area contributed by atoms with Gasteiger partial charge in [0.05, 0.1) is 57.2 Å². The number of unbranched alkanes of at least 4 members (excludes halogenated alkanes) is 4. The monoisotopic (exact) mass is 1220 g/mol. The topological polar surface area (TPSA) is 294 Å². The Hall–Kier alpha value is -7.82. The quantitative estimate of drug-likeness (QED) is 0.0153. The first-order valence-electron chi connectivity index (χ1n) is 27.9. The zero-order valence-corrected chi connectivity index (χ0v) is 50.8. The minimum atomic E-state index is -1.22. The summed E-state index contributed by atoms with van der Waals surface area (Å²) in [4.78, 5) is 77.4. The van der Waals surface area contributed by atoms with Gasteiger partial charge in [-0.05, 0) is 128 Å². The molecule has 0 saturated heterocycles. The molecular weight excluding hydrogens is 1140 g/mol. The van der Waals surface area contributed by atoms with Crippen molar-refractivity contribution in [3.8, 4) is 11.5 Å². The zero-order chi connectivity index (χ0) is 59.6. The second-order valence-corrected chi connectivity index (χ2v) is 20.0. The standard InChI is InChI=1S/2C31H39N3O7.2ClH.H2O/c2*1-4-5-16-33(18-20-40-26-14-7-6-8-15-26)17-9-10-19-41-31(37)28-23(3)32-22(2)27(30(35)36)29(28)24-12-11-13-25(21-24)34(38)39;;;/h2*6-8,11-15,21,29,32H,4-5,9-10,16-20H2,1-3H3,(H,35,36);2*1H;1H2. The Bertz CT molecular complexity index is 2760. The summed E-state index contributed by atoms with van der Waals surface area (Å²) in [5.41, 5.74) is 2.13. The number of carboxylic acid groups (broad SMARTS) is 2. The van der Waals surface area contributed by atoms with Gasteiger partial charge in [0, 0.05) is 60.1 Å². The number of esters is 2. The van der Waals surface area contributed by atoms with Gasteiger partial charge in [0.15, 0.2) is 0 Å². The average molecular weight is 1220 g/mol. The molecule has 0 saturated carbocycles. The normalized spacial score (nSPS) is 14.5. The van der Waals surface area contributed by atoms with E-state index in [4.69, 9.17) is 18.9 Å². The van der Waals surface area contributed by atoms with Crippen molar-refractivity contribution < 1.29 is 63.7 Å². The van der Waals surface area contributed by atoms with Crippen molar-refractivity contribution in [1.82, 2.24) is 20.4 Å². The van der Waals surface area contributed by atoms with Crippen LogP contribution in [-0.4, -0.2) is 125 Å². The minimum Gasteiger partial charge on any atom is -0.492 e. The van der Waals surface area contributed by atoms with Gasteiger partial charge < -0.3 is 45.3 Å². The first-order valence-corrected chi connectivity index (χ1v) is 27.9. The van der Waals surface area contributed by atoms with Crippen molar-refractivity contribution in [2.45, 2.75) is 105 Å². The summed E-state index contributed by atoms with van der Waals surface area (Å²) in [6.45, 7) is 17.5. The summed E-state index contributed by atoms with van der Waals surface area (Å²) < 4.78 is 22.9. The van der Waals surface area contributed by atoms with Crippen molar-refractivity contribution in [1.29, 1.82) is 0 Å². The number of non-ortho nitro benzene ring substituents is 2. The summed E-state index contributed by atoms with van der Waals surface area (Å²) in [6.07, 6.45) is 7.24. The highest BCUT2D eigenvalue weighted by atomic mass is 35.5. The lowest BCUT2D eigenvalue weighted by Gasteiger charge is -2.29. The maximum Gasteiger partial charge on any atom is 0.336 e. The fourth-order valence-electron chi connectivity index (χ4n) is 9.81. The molecule has 464 valence electrons. The van der Waals surface area contributed by atoms with Gasteiger partial charge in [0.25, 0.3) is 11.4 Å². The molecule has 0 radical (unpaired) electrons. The Morgan fingerprint density at radius 1 is 0.482 bits per heavy atom. The van der Waals surface area contributed by atoms with E-state index in [1.54, 1.807) is 39.8 Å². The number of nitro groups is 2. The van der Waals surface area contributed by atoms with Crippen LogP contribution in [0.1, 0.15) is 116 Å². The van der Waals surface area contributed by atoms with Crippen LogP contribution >= 0.6 is 24.8 Å². The maximum atomic E-state index is 13.3. The molecule has 2 aliphatic rings. The van der Waals surface area contributed by atoms with Crippen LogP contribution in [0.4, 0.5) is 11.4 Å². The number of carbonyl (C=O) groups excluding carboxylic acids is 2. The van der Waals surface area contributed by atoms with Crippen LogP contribution in [0.2, 0.25) is 0 Å². The summed E-state index contributed by atoms with van der Waals surface area (Å²) in [5.74, 6) is -4.04. The molecule has 2 atom stereocenters. The van der Waals surface area contributed by atoms with Crippen LogP contribution < -0.4 is 20.1 Å². The summed E-state index contributed by atoms with van der Waals surface area (Å²) in [7, 11) is 0. The van der Waals surface area contributed by atoms with Crippen LogP contribution in [-0.2, 0) is 28.7 Å². The van der Waals surface area contributed by atoms with E-state index in [0.29, 0.717) is 60.0 Å². The average Bonchev–Trinajstić information content (AvgIpc) is 3.52. The molecule has 23 heteroatoms. The van der Waals surface area contributed by atoms with Gasteiger partial charge in [-0.2, -0.15) is 0 Å². The first kappa shape index (κ1) is 73.3. The molecule has 2 unspecified atom stereocenters. The molecule has 0 amide bonds. The van der Waals surface area contributed by atoms with Crippen molar-refractivity contribution in [2.75, 3.05) is 65.7 Å². The Kier molecular flexibility index (Phi) is 32.9. The lowest BCUT2D eigenvalue weighted by Crippen LogP contribution is -2.32. The van der Waals surface area contributed by atoms with E-state index in [2.05, 4.69) is 34.3 Å². The molecule has 0 fully saturated rings. The largest absolute Gasteiger partial charge is 0.492 e. The first-order chi connectivity index (χ1) is 39.4. The number of benzene rings is 4. The van der Waals surface area contributed by atoms with Gasteiger partial charge in [-0.15, -0.1) is 24.8 Å². The fourth-order valence-corrected chi connectivity index (χ4v) is 9.81. The van der Waals surface area contributed by atoms with E-state index in [1.165, 1.54) is 36.4 Å². The maximum absolute atomic E-state index is 13.3. The molecule has 85 heavy (non-hydrogen) atoms. The Morgan fingerprint density at radius 2 is 0.824 bits per heavy atom. The fraction of sp³-hybridized carbons (Fsp3) is 0.419. The number of nitrogens with one attached hydrogen (secondary N) is 2. The number of allylic oxidation sites excluding steroid dienone is 4. The van der Waals surface area contributed by atoms with Crippen LogP contribution in [0.15, 0.2) is 154 Å². The lowest BCUT2D eigenvalue weighted by atomic mass is 9.80. The van der Waals surface area contributed by atoms with Crippen molar-refractivity contribution in [3.05, 3.63) is 186 Å². The number of halogens is 2. The van der Waals surface area contributed by atoms with Gasteiger partial charge >= 0.3 is 23.9 Å². The third kappa shape index (κ3) is 22.6. The molecule has 4 aromatic carbocycles. The summed E-state index contributed by atoms with van der Waals surface area (Å²) in [5, 5.41) is 48.6. The third-order valence-corrected chi connectivity index (χ3v) is 13.9. The lowest BCUT2D eigenvalue weighted by molar-refractivity contribution is -0.385. The van der Waals surface area contributed by atoms with Crippen molar-refractivity contribution in [3.63, 3.8) is 0 Å². The Balaban J connectivity index is 0.000000560. The van der Waals surface area contributed by atoms with Crippen molar-refractivity contribution >= 4 is 60.1 Å². The van der Waals surface area contributed by atoms with Gasteiger partial charge in [-0.3, -0.25) is 30.0 Å². The number of rotatable bonds is 32. The predicted molar refractivity (Wildman–Crippen MR) is 329 cm³/mol. The van der Waals surface area contributed by atoms with E-state index in [1.807, 2.05) is 60.7 Å². The van der Waals surface area contributed by atoms with E-state index in [9.17, 15) is 49.6 Å². The third-order valence-electron chi connectivity index (χ3n) is 13.9. The Morgan fingerprint density at radius 3 is 1.15 bits per heavy atom. The van der Waals surface area contributed by atoms with Crippen LogP contribution in [0.3, 0.4) is 0 Å². The number of carbonyl (C=O) groups is 4. The molecule has 6 N–H and O–H groups in total. The number of nitrogens with zero attached hydrogens (tertiary/aromatic N) is 4. The van der Waals surface area contributed by atoms with Gasteiger partial charge in [-0.25, -0.2) is 19.2 Å². The number of aliphatic carboxylic acids is 2. The molecule has 6 rings (SSSR count). The summed E-state index contributed by atoms with van der Waals surface area (Å²) in [6, 6.07) is 30.8. The molecule has 4 aromatic rings. The molecule has 0 aromatic heterocycles. The number of hydrogen-bond donors (Lipinski definition) is 4. The second kappa shape index (κ2) is 38.2.